The topological polar surface area (TPSA) is 16.4 Å². The minimum atomic E-state index is -0.0883. The van der Waals surface area contributed by atoms with Crippen LogP contribution in [0.4, 0.5) is 17.1 Å². The minimum absolute atomic E-state index is 0.0883. The first kappa shape index (κ1) is 25.2. The average molecular weight is 566 g/mol. The average Bonchev–Trinajstić information content (AvgIpc) is 3.52. The lowest BCUT2D eigenvalue weighted by Gasteiger charge is -2.26. The summed E-state index contributed by atoms with van der Waals surface area (Å²) in [7, 11) is 0. The number of para-hydroxylation sites is 2. The molecule has 7 aromatic carbocycles. The number of benzene rings is 7. The molecule has 210 valence electrons. The van der Waals surface area contributed by atoms with Gasteiger partial charge in [-0.15, -0.1) is 0 Å². The van der Waals surface area contributed by atoms with Crippen molar-refractivity contribution in [2.24, 2.45) is 0 Å². The van der Waals surface area contributed by atoms with Crippen LogP contribution in [-0.4, -0.2) is 0 Å². The van der Waals surface area contributed by atoms with E-state index < -0.39 is 0 Å². The molecule has 0 aliphatic heterocycles. The monoisotopic (exact) mass is 565 g/mol. The van der Waals surface area contributed by atoms with Gasteiger partial charge in [0.1, 0.15) is 5.58 Å². The SMILES string of the molecule is Cc1cccc(N(c2ccc3cc4c(cc3c2)C(C)(C)c2cc3ccccc3cc2-4)c2cccc3c2oc2ccccc23)c1. The second-order valence-electron chi connectivity index (χ2n) is 12.7. The molecule has 9 rings (SSSR count). The van der Waals surface area contributed by atoms with Crippen molar-refractivity contribution in [2.45, 2.75) is 26.2 Å². The predicted octanol–water partition coefficient (Wildman–Crippen LogP) is 12.0. The molecule has 0 amide bonds. The Morgan fingerprint density at radius 2 is 1.16 bits per heavy atom. The first-order chi connectivity index (χ1) is 21.5. The minimum Gasteiger partial charge on any atom is -0.454 e. The fourth-order valence-electron chi connectivity index (χ4n) is 7.39. The van der Waals surface area contributed by atoms with Gasteiger partial charge in [-0.25, -0.2) is 0 Å². The van der Waals surface area contributed by atoms with Crippen molar-refractivity contribution in [3.05, 3.63) is 150 Å². The summed E-state index contributed by atoms with van der Waals surface area (Å²) in [6.45, 7) is 6.88. The number of rotatable bonds is 3. The Labute approximate surface area is 256 Å². The van der Waals surface area contributed by atoms with E-state index in [2.05, 4.69) is 153 Å². The lowest BCUT2D eigenvalue weighted by atomic mass is 9.81. The summed E-state index contributed by atoms with van der Waals surface area (Å²) in [5.41, 5.74) is 11.7. The van der Waals surface area contributed by atoms with Gasteiger partial charge in [0.25, 0.3) is 0 Å². The zero-order valence-electron chi connectivity index (χ0n) is 25.1. The molecule has 0 N–H and O–H groups in total. The third-order valence-corrected chi connectivity index (χ3v) is 9.63. The normalized spacial score (nSPS) is 13.5. The summed E-state index contributed by atoms with van der Waals surface area (Å²) in [6, 6.07) is 48.7. The Morgan fingerprint density at radius 3 is 1.95 bits per heavy atom. The smallest absolute Gasteiger partial charge is 0.159 e. The molecular formula is C42H31NO. The molecule has 1 aliphatic rings. The van der Waals surface area contributed by atoms with Crippen molar-refractivity contribution >= 4 is 60.5 Å². The van der Waals surface area contributed by atoms with E-state index in [9.17, 15) is 0 Å². The zero-order valence-corrected chi connectivity index (χ0v) is 25.1. The van der Waals surface area contributed by atoms with Crippen LogP contribution in [0, 0.1) is 6.92 Å². The van der Waals surface area contributed by atoms with E-state index >= 15 is 0 Å². The number of aryl methyl sites for hydroxylation is 1. The van der Waals surface area contributed by atoms with Crippen molar-refractivity contribution in [1.29, 1.82) is 0 Å². The molecule has 0 saturated carbocycles. The summed E-state index contributed by atoms with van der Waals surface area (Å²) in [6.07, 6.45) is 0. The van der Waals surface area contributed by atoms with Crippen LogP contribution in [0.15, 0.2) is 138 Å². The van der Waals surface area contributed by atoms with Gasteiger partial charge < -0.3 is 9.32 Å². The van der Waals surface area contributed by atoms with Crippen LogP contribution in [0.5, 0.6) is 0 Å². The van der Waals surface area contributed by atoms with Gasteiger partial charge in [-0.05, 0) is 117 Å². The molecule has 0 spiro atoms. The van der Waals surface area contributed by atoms with Crippen LogP contribution in [0.3, 0.4) is 0 Å². The predicted molar refractivity (Wildman–Crippen MR) is 186 cm³/mol. The van der Waals surface area contributed by atoms with Gasteiger partial charge >= 0.3 is 0 Å². The lowest BCUT2D eigenvalue weighted by Crippen LogP contribution is -2.15. The van der Waals surface area contributed by atoms with Gasteiger partial charge in [-0.3, -0.25) is 0 Å². The standard InChI is InChI=1S/C42H31NO/c1-26-10-8-13-31(20-26)43(39-16-9-15-34-33-14-6-7-17-40(33)44-41(34)39)32-19-18-29-23-36-35-22-27-11-4-5-12-28(27)24-37(35)42(2,3)38(36)25-30(29)21-32/h4-25H,1-3H3. The molecule has 0 radical (unpaired) electrons. The molecular weight excluding hydrogens is 534 g/mol. The first-order valence-electron chi connectivity index (χ1n) is 15.3. The van der Waals surface area contributed by atoms with Gasteiger partial charge in [0.2, 0.25) is 0 Å². The first-order valence-corrected chi connectivity index (χ1v) is 15.3. The van der Waals surface area contributed by atoms with Crippen LogP contribution in [0.1, 0.15) is 30.5 Å². The van der Waals surface area contributed by atoms with Crippen LogP contribution >= 0.6 is 0 Å². The molecule has 0 bridgehead atoms. The van der Waals surface area contributed by atoms with Crippen LogP contribution < -0.4 is 4.90 Å². The van der Waals surface area contributed by atoms with Crippen molar-refractivity contribution < 1.29 is 4.42 Å². The third kappa shape index (κ3) is 3.61. The van der Waals surface area contributed by atoms with Crippen molar-refractivity contribution in [2.75, 3.05) is 4.90 Å². The highest BCUT2D eigenvalue weighted by Crippen LogP contribution is 2.51. The van der Waals surface area contributed by atoms with Crippen molar-refractivity contribution in [3.63, 3.8) is 0 Å². The van der Waals surface area contributed by atoms with Crippen molar-refractivity contribution in [3.8, 4) is 11.1 Å². The van der Waals surface area contributed by atoms with E-state index in [1.807, 2.05) is 6.07 Å². The Hall–Kier alpha value is -5.34. The number of nitrogens with zero attached hydrogens (tertiary/aromatic N) is 1. The van der Waals surface area contributed by atoms with E-state index in [1.165, 1.54) is 49.4 Å². The maximum absolute atomic E-state index is 6.54. The highest BCUT2D eigenvalue weighted by atomic mass is 16.3. The van der Waals surface area contributed by atoms with Gasteiger partial charge in [0.15, 0.2) is 5.58 Å². The van der Waals surface area contributed by atoms with Crippen molar-refractivity contribution in [1.82, 2.24) is 0 Å². The van der Waals surface area contributed by atoms with E-state index in [0.717, 1.165) is 39.0 Å². The largest absolute Gasteiger partial charge is 0.454 e. The molecule has 2 heteroatoms. The maximum Gasteiger partial charge on any atom is 0.159 e. The molecule has 44 heavy (non-hydrogen) atoms. The Bertz CT molecular complexity index is 2440. The molecule has 0 atom stereocenters. The summed E-state index contributed by atoms with van der Waals surface area (Å²) in [4.78, 5) is 2.34. The number of hydrogen-bond acceptors (Lipinski definition) is 2. The zero-order chi connectivity index (χ0) is 29.6. The number of fused-ring (bicyclic) bond motifs is 8. The number of hydrogen-bond donors (Lipinski definition) is 0. The van der Waals surface area contributed by atoms with E-state index in [0.29, 0.717) is 0 Å². The molecule has 0 unspecified atom stereocenters. The quantitative estimate of drug-likeness (QED) is 0.212. The van der Waals surface area contributed by atoms with Crippen LogP contribution in [0.2, 0.25) is 0 Å². The van der Waals surface area contributed by atoms with Gasteiger partial charge in [-0.2, -0.15) is 0 Å². The maximum atomic E-state index is 6.54. The Kier molecular flexibility index (Phi) is 5.20. The summed E-state index contributed by atoms with van der Waals surface area (Å²) < 4.78 is 6.54. The molecule has 0 saturated heterocycles. The van der Waals surface area contributed by atoms with Gasteiger partial charge in [0, 0.05) is 27.6 Å². The van der Waals surface area contributed by atoms with Gasteiger partial charge in [-0.1, -0.05) is 86.6 Å². The van der Waals surface area contributed by atoms with E-state index in [4.69, 9.17) is 4.42 Å². The summed E-state index contributed by atoms with van der Waals surface area (Å²) in [5.74, 6) is 0. The third-order valence-electron chi connectivity index (χ3n) is 9.63. The van der Waals surface area contributed by atoms with Gasteiger partial charge in [0.05, 0.1) is 5.69 Å². The summed E-state index contributed by atoms with van der Waals surface area (Å²) in [5, 5.41) is 7.33. The number of anilines is 3. The fraction of sp³-hybridized carbons (Fsp3) is 0.0952. The molecule has 8 aromatic rings. The summed E-state index contributed by atoms with van der Waals surface area (Å²) >= 11 is 0. The second-order valence-corrected chi connectivity index (χ2v) is 12.7. The van der Waals surface area contributed by atoms with E-state index in [1.54, 1.807) is 0 Å². The molecule has 0 fully saturated rings. The second kappa shape index (κ2) is 9.08. The lowest BCUT2D eigenvalue weighted by molar-refractivity contribution is 0.662. The molecule has 1 heterocycles. The van der Waals surface area contributed by atoms with E-state index in [-0.39, 0.29) is 5.41 Å². The molecule has 1 aromatic heterocycles. The van der Waals surface area contributed by atoms with Crippen LogP contribution in [-0.2, 0) is 5.41 Å². The van der Waals surface area contributed by atoms with Crippen LogP contribution in [0.25, 0.3) is 54.6 Å². The number of furan rings is 1. The fourth-order valence-corrected chi connectivity index (χ4v) is 7.39. The Morgan fingerprint density at radius 1 is 0.523 bits per heavy atom. The molecule has 1 aliphatic carbocycles. The molecule has 2 nitrogen and oxygen atoms in total. The Balaban J connectivity index is 1.26. The highest BCUT2D eigenvalue weighted by molar-refractivity contribution is 6.10. The highest BCUT2D eigenvalue weighted by Gasteiger charge is 2.36.